The van der Waals surface area contributed by atoms with Gasteiger partial charge in [-0.15, -0.1) is 0 Å². The van der Waals surface area contributed by atoms with Crippen LogP contribution in [0, 0.1) is 0 Å². The average Bonchev–Trinajstić information content (AvgIpc) is 2.95. The van der Waals surface area contributed by atoms with Gasteiger partial charge in [0, 0.05) is 37.2 Å². The number of carbonyl (C=O) groups is 1. The Labute approximate surface area is 125 Å². The molecule has 0 unspecified atom stereocenters. The molecule has 1 aromatic carbocycles. The fourth-order valence-electron chi connectivity index (χ4n) is 2.88. The predicted octanol–water partition coefficient (Wildman–Crippen LogP) is 2.77. The van der Waals surface area contributed by atoms with Crippen molar-refractivity contribution in [2.24, 2.45) is 0 Å². The minimum Gasteiger partial charge on any atom is -0.371 e. The Hall–Kier alpha value is -1.60. The Morgan fingerprint density at radius 3 is 2.09 bits per heavy atom. The number of rotatable bonds is 2. The van der Waals surface area contributed by atoms with Gasteiger partial charge in [-0.05, 0) is 24.3 Å². The van der Waals surface area contributed by atoms with Gasteiger partial charge in [0.05, 0.1) is 13.2 Å². The van der Waals surface area contributed by atoms with Crippen LogP contribution in [0.4, 0.5) is 18.9 Å². The van der Waals surface area contributed by atoms with Gasteiger partial charge >= 0.3 is 6.18 Å². The standard InChI is InChI=1S/C15H16F3NO3/c16-15(17,18)13(20)11-1-3-12(4-2-11)19-7-5-14(6-8-19)21-9-10-22-14/h1-4H,5-10H2. The fraction of sp³-hybridized carbons (Fsp3) is 0.533. The van der Waals surface area contributed by atoms with E-state index in [4.69, 9.17) is 9.47 Å². The number of Topliss-reactive ketones (excluding diaryl/α,β-unsaturated/α-hetero) is 1. The first-order valence-corrected chi connectivity index (χ1v) is 7.14. The third kappa shape index (κ3) is 2.96. The van der Waals surface area contributed by atoms with Crippen LogP contribution in [0.3, 0.4) is 0 Å². The largest absolute Gasteiger partial charge is 0.454 e. The second kappa shape index (κ2) is 5.55. The van der Waals surface area contributed by atoms with E-state index in [1.165, 1.54) is 12.1 Å². The molecule has 22 heavy (non-hydrogen) atoms. The van der Waals surface area contributed by atoms with Crippen molar-refractivity contribution in [1.29, 1.82) is 0 Å². The molecule has 4 nitrogen and oxygen atoms in total. The highest BCUT2D eigenvalue weighted by Gasteiger charge is 2.40. The van der Waals surface area contributed by atoms with Gasteiger partial charge in [0.25, 0.3) is 5.78 Å². The molecule has 7 heteroatoms. The zero-order valence-electron chi connectivity index (χ0n) is 11.9. The van der Waals surface area contributed by atoms with E-state index < -0.39 is 17.7 Å². The van der Waals surface area contributed by atoms with Crippen LogP contribution in [0.1, 0.15) is 23.2 Å². The lowest BCUT2D eigenvalue weighted by molar-refractivity contribution is -0.169. The summed E-state index contributed by atoms with van der Waals surface area (Å²) in [5.41, 5.74) is 0.457. The molecule has 0 radical (unpaired) electrons. The maximum atomic E-state index is 12.4. The number of piperidine rings is 1. The van der Waals surface area contributed by atoms with Gasteiger partial charge < -0.3 is 14.4 Å². The normalized spacial score (nSPS) is 21.3. The summed E-state index contributed by atoms with van der Waals surface area (Å²) in [6, 6.07) is 5.54. The summed E-state index contributed by atoms with van der Waals surface area (Å²) >= 11 is 0. The van der Waals surface area contributed by atoms with Gasteiger partial charge in [-0.3, -0.25) is 4.79 Å². The van der Waals surface area contributed by atoms with E-state index in [-0.39, 0.29) is 5.56 Å². The van der Waals surface area contributed by atoms with E-state index in [1.54, 1.807) is 12.1 Å². The van der Waals surface area contributed by atoms with Gasteiger partial charge in [-0.25, -0.2) is 0 Å². The topological polar surface area (TPSA) is 38.8 Å². The van der Waals surface area contributed by atoms with Crippen LogP contribution in [-0.2, 0) is 9.47 Å². The van der Waals surface area contributed by atoms with Gasteiger partial charge in [0.2, 0.25) is 0 Å². The minimum atomic E-state index is -4.84. The number of ketones is 1. The fourth-order valence-corrected chi connectivity index (χ4v) is 2.88. The molecule has 1 spiro atoms. The molecule has 0 amide bonds. The number of ether oxygens (including phenoxy) is 2. The molecule has 2 aliphatic rings. The first-order chi connectivity index (χ1) is 10.4. The monoisotopic (exact) mass is 315 g/mol. The molecule has 0 N–H and O–H groups in total. The van der Waals surface area contributed by atoms with Gasteiger partial charge in [0.1, 0.15) is 0 Å². The molecular weight excluding hydrogens is 299 g/mol. The van der Waals surface area contributed by atoms with E-state index in [1.807, 2.05) is 0 Å². The van der Waals surface area contributed by atoms with Crippen molar-refractivity contribution in [2.75, 3.05) is 31.2 Å². The third-order valence-corrected chi connectivity index (χ3v) is 4.09. The molecule has 0 aromatic heterocycles. The smallest absolute Gasteiger partial charge is 0.371 e. The summed E-state index contributed by atoms with van der Waals surface area (Å²) in [6.45, 7) is 2.61. The molecule has 120 valence electrons. The van der Waals surface area contributed by atoms with Crippen molar-refractivity contribution in [1.82, 2.24) is 0 Å². The van der Waals surface area contributed by atoms with E-state index in [9.17, 15) is 18.0 Å². The van der Waals surface area contributed by atoms with E-state index >= 15 is 0 Å². The Bertz CT molecular complexity index is 540. The summed E-state index contributed by atoms with van der Waals surface area (Å²) in [5, 5.41) is 0. The van der Waals surface area contributed by atoms with Crippen molar-refractivity contribution >= 4 is 11.5 Å². The molecule has 2 fully saturated rings. The van der Waals surface area contributed by atoms with Crippen molar-refractivity contribution < 1.29 is 27.4 Å². The number of alkyl halides is 3. The van der Waals surface area contributed by atoms with E-state index in [0.29, 0.717) is 26.3 Å². The molecule has 0 aliphatic carbocycles. The molecule has 0 saturated carbocycles. The lowest BCUT2D eigenvalue weighted by atomic mass is 10.0. The van der Waals surface area contributed by atoms with Crippen molar-refractivity contribution in [2.45, 2.75) is 24.8 Å². The van der Waals surface area contributed by atoms with Crippen LogP contribution < -0.4 is 4.90 Å². The third-order valence-electron chi connectivity index (χ3n) is 4.09. The number of hydrogen-bond acceptors (Lipinski definition) is 4. The maximum absolute atomic E-state index is 12.4. The molecule has 2 aliphatic heterocycles. The van der Waals surface area contributed by atoms with E-state index in [2.05, 4.69) is 4.90 Å². The highest BCUT2D eigenvalue weighted by Crippen LogP contribution is 2.33. The summed E-state index contributed by atoms with van der Waals surface area (Å²) < 4.78 is 48.4. The summed E-state index contributed by atoms with van der Waals surface area (Å²) in [4.78, 5) is 13.2. The summed E-state index contributed by atoms with van der Waals surface area (Å²) in [6.07, 6.45) is -3.40. The first-order valence-electron chi connectivity index (χ1n) is 7.14. The van der Waals surface area contributed by atoms with E-state index in [0.717, 1.165) is 18.5 Å². The van der Waals surface area contributed by atoms with Crippen molar-refractivity contribution in [3.05, 3.63) is 29.8 Å². The molecular formula is C15H16F3NO3. The second-order valence-corrected chi connectivity index (χ2v) is 5.47. The van der Waals surface area contributed by atoms with Crippen molar-refractivity contribution in [3.8, 4) is 0 Å². The molecule has 2 saturated heterocycles. The predicted molar refractivity (Wildman–Crippen MR) is 72.9 cm³/mol. The van der Waals surface area contributed by atoms with Crippen LogP contribution in [-0.4, -0.2) is 44.0 Å². The quantitative estimate of drug-likeness (QED) is 0.787. The second-order valence-electron chi connectivity index (χ2n) is 5.47. The highest BCUT2D eigenvalue weighted by molar-refractivity contribution is 6.00. The average molecular weight is 315 g/mol. The minimum absolute atomic E-state index is 0.341. The molecule has 1 aromatic rings. The highest BCUT2D eigenvalue weighted by atomic mass is 19.4. The van der Waals surface area contributed by atoms with Crippen LogP contribution >= 0.6 is 0 Å². The number of anilines is 1. The lowest BCUT2D eigenvalue weighted by Gasteiger charge is -2.38. The van der Waals surface area contributed by atoms with Crippen LogP contribution in [0.25, 0.3) is 0 Å². The molecule has 0 atom stereocenters. The van der Waals surface area contributed by atoms with Crippen molar-refractivity contribution in [3.63, 3.8) is 0 Å². The first kappa shape index (κ1) is 15.3. The summed E-state index contributed by atoms with van der Waals surface area (Å²) in [7, 11) is 0. The molecule has 0 bridgehead atoms. The maximum Gasteiger partial charge on any atom is 0.454 e. The number of nitrogens with zero attached hydrogens (tertiary/aromatic N) is 1. The summed E-state index contributed by atoms with van der Waals surface area (Å²) in [5.74, 6) is -2.30. The number of benzene rings is 1. The zero-order chi connectivity index (χ0) is 15.8. The van der Waals surface area contributed by atoms with Crippen LogP contribution in [0.15, 0.2) is 24.3 Å². The number of carbonyl (C=O) groups excluding carboxylic acids is 1. The number of hydrogen-bond donors (Lipinski definition) is 0. The van der Waals surface area contributed by atoms with Gasteiger partial charge in [-0.2, -0.15) is 13.2 Å². The van der Waals surface area contributed by atoms with Gasteiger partial charge in [0.15, 0.2) is 5.79 Å². The Kier molecular flexibility index (Phi) is 3.86. The number of halogens is 3. The van der Waals surface area contributed by atoms with Gasteiger partial charge in [-0.1, -0.05) is 0 Å². The lowest BCUT2D eigenvalue weighted by Crippen LogP contribution is -2.45. The molecule has 3 rings (SSSR count). The SMILES string of the molecule is O=C(c1ccc(N2CCC3(CC2)OCCO3)cc1)C(F)(F)F. The Morgan fingerprint density at radius 1 is 1.05 bits per heavy atom. The molecule has 2 heterocycles. The van der Waals surface area contributed by atoms with Crippen LogP contribution in [0.5, 0.6) is 0 Å². The Balaban J connectivity index is 1.65. The van der Waals surface area contributed by atoms with Crippen LogP contribution in [0.2, 0.25) is 0 Å². The Morgan fingerprint density at radius 2 is 1.59 bits per heavy atom. The zero-order valence-corrected chi connectivity index (χ0v) is 11.9.